The average molecular weight is 132 g/mol. The number of aliphatic hydroxyl groups is 1. The second kappa shape index (κ2) is 4.77. The molecule has 0 amide bonds. The molecule has 0 bridgehead atoms. The van der Waals surface area contributed by atoms with Crippen molar-refractivity contribution in [3.05, 3.63) is 0 Å². The molecule has 0 aromatic heterocycles. The van der Waals surface area contributed by atoms with Gasteiger partial charge >= 0.3 is 0 Å². The second-order valence-electron chi connectivity index (χ2n) is 3.00. The van der Waals surface area contributed by atoms with Crippen molar-refractivity contribution in [2.75, 3.05) is 13.1 Å². The van der Waals surface area contributed by atoms with Gasteiger partial charge in [0.05, 0.1) is 12.6 Å². The van der Waals surface area contributed by atoms with E-state index in [0.717, 1.165) is 19.0 Å². The molecule has 3 N–H and O–H groups in total. The van der Waals surface area contributed by atoms with E-state index in [9.17, 15) is 0 Å². The number of rotatable bonds is 4. The molecule has 0 saturated carbocycles. The van der Waals surface area contributed by atoms with Crippen LogP contribution in [0.15, 0.2) is 0 Å². The lowest BCUT2D eigenvalue weighted by atomic mass is 10.2. The maximum atomic E-state index is 8.83. The number of aliphatic hydroxyl groups excluding tert-OH is 1. The van der Waals surface area contributed by atoms with Crippen LogP contribution in [0.3, 0.4) is 0 Å². The van der Waals surface area contributed by atoms with E-state index in [2.05, 4.69) is 19.2 Å². The normalized spacial score (nSPS) is 14.3. The minimum absolute atomic E-state index is 0.163. The maximum absolute atomic E-state index is 8.83. The standard InChI is InChI=1S/C7H17NO/c1-6(2)4-8-5-7(3)9/h6-9H,4-5H2,1-3H3/p+1/t7-/m1/s1. The number of hydrogen-bond acceptors (Lipinski definition) is 1. The fraction of sp³-hybridized carbons (Fsp3) is 1.00. The summed E-state index contributed by atoms with van der Waals surface area (Å²) in [5.74, 6) is 0.726. The minimum Gasteiger partial charge on any atom is -0.388 e. The molecular formula is C7H18NO+. The van der Waals surface area contributed by atoms with Crippen LogP contribution in [-0.4, -0.2) is 24.3 Å². The Balaban J connectivity index is 2.91. The summed E-state index contributed by atoms with van der Waals surface area (Å²) in [6.07, 6.45) is -0.163. The number of hydrogen-bond donors (Lipinski definition) is 2. The molecule has 0 saturated heterocycles. The Labute approximate surface area is 57.3 Å². The van der Waals surface area contributed by atoms with Gasteiger partial charge in [-0.2, -0.15) is 0 Å². The lowest BCUT2D eigenvalue weighted by Gasteiger charge is -2.04. The number of nitrogens with two attached hydrogens (primary N) is 1. The van der Waals surface area contributed by atoms with Gasteiger partial charge in [0.2, 0.25) is 0 Å². The first kappa shape index (κ1) is 8.92. The van der Waals surface area contributed by atoms with Crippen molar-refractivity contribution in [3.63, 3.8) is 0 Å². The molecule has 0 rings (SSSR count). The molecule has 56 valence electrons. The summed E-state index contributed by atoms with van der Waals surface area (Å²) in [6.45, 7) is 8.12. The van der Waals surface area contributed by atoms with Gasteiger partial charge in [-0.05, 0) is 6.92 Å². The average Bonchev–Trinajstić information content (AvgIpc) is 1.63. The number of quaternary nitrogens is 1. The maximum Gasteiger partial charge on any atom is 0.102 e. The van der Waals surface area contributed by atoms with Crippen LogP contribution in [0.2, 0.25) is 0 Å². The highest BCUT2D eigenvalue weighted by Crippen LogP contribution is 1.81. The largest absolute Gasteiger partial charge is 0.388 e. The van der Waals surface area contributed by atoms with Crippen molar-refractivity contribution in [2.45, 2.75) is 26.9 Å². The molecule has 0 aliphatic heterocycles. The fourth-order valence-electron chi connectivity index (χ4n) is 0.671. The Kier molecular flexibility index (Phi) is 4.72. The molecule has 2 nitrogen and oxygen atoms in total. The van der Waals surface area contributed by atoms with Crippen LogP contribution in [0.5, 0.6) is 0 Å². The van der Waals surface area contributed by atoms with E-state index in [-0.39, 0.29) is 6.10 Å². The molecule has 0 aliphatic rings. The molecule has 0 aromatic carbocycles. The zero-order valence-corrected chi connectivity index (χ0v) is 6.59. The van der Waals surface area contributed by atoms with E-state index in [1.165, 1.54) is 0 Å². The molecule has 0 aromatic rings. The van der Waals surface area contributed by atoms with Crippen molar-refractivity contribution in [3.8, 4) is 0 Å². The first-order chi connectivity index (χ1) is 4.13. The molecule has 2 heteroatoms. The van der Waals surface area contributed by atoms with E-state index in [1.54, 1.807) is 0 Å². The topological polar surface area (TPSA) is 36.8 Å². The van der Waals surface area contributed by atoms with Crippen LogP contribution in [0.25, 0.3) is 0 Å². The Morgan fingerprint density at radius 1 is 1.22 bits per heavy atom. The van der Waals surface area contributed by atoms with Crippen LogP contribution in [-0.2, 0) is 0 Å². The van der Waals surface area contributed by atoms with Crippen LogP contribution in [0.1, 0.15) is 20.8 Å². The molecule has 0 spiro atoms. The van der Waals surface area contributed by atoms with Crippen molar-refractivity contribution < 1.29 is 10.4 Å². The predicted molar refractivity (Wildman–Crippen MR) is 38.2 cm³/mol. The summed E-state index contributed by atoms with van der Waals surface area (Å²) in [4.78, 5) is 0. The van der Waals surface area contributed by atoms with Gasteiger partial charge in [0.1, 0.15) is 6.54 Å². The molecule has 9 heavy (non-hydrogen) atoms. The summed E-state index contributed by atoms with van der Waals surface area (Å²) in [5, 5.41) is 11.0. The van der Waals surface area contributed by atoms with Crippen LogP contribution in [0.4, 0.5) is 0 Å². The Morgan fingerprint density at radius 3 is 2.11 bits per heavy atom. The van der Waals surface area contributed by atoms with Gasteiger partial charge in [-0.3, -0.25) is 0 Å². The summed E-state index contributed by atoms with van der Waals surface area (Å²) in [7, 11) is 0. The van der Waals surface area contributed by atoms with Gasteiger partial charge in [0.15, 0.2) is 0 Å². The Hall–Kier alpha value is -0.0800. The van der Waals surface area contributed by atoms with E-state index in [0.29, 0.717) is 0 Å². The smallest absolute Gasteiger partial charge is 0.102 e. The highest BCUT2D eigenvalue weighted by molar-refractivity contribution is 4.38. The monoisotopic (exact) mass is 132 g/mol. The zero-order chi connectivity index (χ0) is 7.28. The Morgan fingerprint density at radius 2 is 1.78 bits per heavy atom. The third-order valence-corrected chi connectivity index (χ3v) is 1.15. The molecule has 0 fully saturated rings. The predicted octanol–water partition coefficient (Wildman–Crippen LogP) is -0.413. The van der Waals surface area contributed by atoms with Crippen molar-refractivity contribution in [1.29, 1.82) is 0 Å². The van der Waals surface area contributed by atoms with Gasteiger partial charge in [0.25, 0.3) is 0 Å². The fourth-order valence-corrected chi connectivity index (χ4v) is 0.671. The van der Waals surface area contributed by atoms with Gasteiger partial charge in [-0.1, -0.05) is 13.8 Å². The third-order valence-electron chi connectivity index (χ3n) is 1.15. The molecular weight excluding hydrogens is 114 g/mol. The van der Waals surface area contributed by atoms with Crippen molar-refractivity contribution >= 4 is 0 Å². The lowest BCUT2D eigenvalue weighted by molar-refractivity contribution is -0.665. The second-order valence-corrected chi connectivity index (χ2v) is 3.00. The summed E-state index contributed by atoms with van der Waals surface area (Å²) >= 11 is 0. The molecule has 0 radical (unpaired) electrons. The SMILES string of the molecule is CC(C)C[NH2+]C[C@@H](C)O. The molecule has 1 atom stereocenters. The van der Waals surface area contributed by atoms with Crippen LogP contribution in [0, 0.1) is 5.92 Å². The summed E-state index contributed by atoms with van der Waals surface area (Å²) in [6, 6.07) is 0. The summed E-state index contributed by atoms with van der Waals surface area (Å²) < 4.78 is 0. The lowest BCUT2D eigenvalue weighted by Crippen LogP contribution is -2.87. The van der Waals surface area contributed by atoms with Gasteiger partial charge in [0, 0.05) is 5.92 Å². The Bertz CT molecular complexity index is 53.9. The van der Waals surface area contributed by atoms with Crippen LogP contribution < -0.4 is 5.32 Å². The van der Waals surface area contributed by atoms with Gasteiger partial charge in [-0.25, -0.2) is 0 Å². The van der Waals surface area contributed by atoms with Crippen molar-refractivity contribution in [1.82, 2.24) is 0 Å². The minimum atomic E-state index is -0.163. The van der Waals surface area contributed by atoms with Crippen LogP contribution >= 0.6 is 0 Å². The third kappa shape index (κ3) is 7.92. The molecule has 0 heterocycles. The summed E-state index contributed by atoms with van der Waals surface area (Å²) in [5.41, 5.74) is 0. The van der Waals surface area contributed by atoms with E-state index >= 15 is 0 Å². The van der Waals surface area contributed by atoms with Gasteiger partial charge in [-0.15, -0.1) is 0 Å². The van der Waals surface area contributed by atoms with E-state index in [4.69, 9.17) is 5.11 Å². The van der Waals surface area contributed by atoms with E-state index < -0.39 is 0 Å². The highest BCUT2D eigenvalue weighted by Gasteiger charge is 1.98. The first-order valence-corrected chi connectivity index (χ1v) is 3.62. The molecule has 0 unspecified atom stereocenters. The molecule has 0 aliphatic carbocycles. The van der Waals surface area contributed by atoms with Crippen molar-refractivity contribution in [2.24, 2.45) is 5.92 Å². The quantitative estimate of drug-likeness (QED) is 0.536. The first-order valence-electron chi connectivity index (χ1n) is 3.62. The van der Waals surface area contributed by atoms with Gasteiger partial charge < -0.3 is 10.4 Å². The zero-order valence-electron chi connectivity index (χ0n) is 6.59. The highest BCUT2D eigenvalue weighted by atomic mass is 16.3. The van der Waals surface area contributed by atoms with E-state index in [1.807, 2.05) is 6.92 Å².